The molecule has 32 heavy (non-hydrogen) atoms. The maximum Gasteiger partial charge on any atom is 0.123 e. The van der Waals surface area contributed by atoms with Gasteiger partial charge in [0.15, 0.2) is 0 Å². The van der Waals surface area contributed by atoms with Crippen LogP contribution < -0.4 is 5.32 Å². The number of anilines is 1. The fourth-order valence-corrected chi connectivity index (χ4v) is 3.82. The van der Waals surface area contributed by atoms with Crippen molar-refractivity contribution in [3.63, 3.8) is 0 Å². The zero-order valence-corrected chi connectivity index (χ0v) is 18.2. The molecule has 0 radical (unpaired) electrons. The van der Waals surface area contributed by atoms with Crippen molar-refractivity contribution in [1.29, 1.82) is 0 Å². The van der Waals surface area contributed by atoms with E-state index in [1.54, 1.807) is 6.21 Å². The number of aromatic amines is 1. The summed E-state index contributed by atoms with van der Waals surface area (Å²) in [6.45, 7) is 5.60. The Hall–Kier alpha value is -3.99. The van der Waals surface area contributed by atoms with E-state index in [-0.39, 0.29) is 5.82 Å². The highest BCUT2D eigenvalue weighted by Gasteiger charge is 2.12. The standard InChI is InChI=1S/C27H25FN4/c1-4-18(17-30-5-2)24-13-14-26(29-3)27(32-24)16-21-15-23-22(7-6-8-25(23)31-21)19-9-11-20(28)12-10-19/h4-15,17,29,31H,2,16H2,1,3H3/b18-4+,30-17?. The quantitative estimate of drug-likeness (QED) is 0.328. The maximum atomic E-state index is 13.4. The third-order valence-electron chi connectivity index (χ3n) is 5.40. The van der Waals surface area contributed by atoms with E-state index >= 15 is 0 Å². The van der Waals surface area contributed by atoms with Gasteiger partial charge in [0.1, 0.15) is 5.82 Å². The molecule has 4 nitrogen and oxygen atoms in total. The lowest BCUT2D eigenvalue weighted by Crippen LogP contribution is -2.03. The number of H-pyrrole nitrogens is 1. The summed E-state index contributed by atoms with van der Waals surface area (Å²) in [4.78, 5) is 12.6. The molecule has 2 N–H and O–H groups in total. The van der Waals surface area contributed by atoms with Crippen molar-refractivity contribution >= 4 is 28.4 Å². The molecule has 2 aromatic carbocycles. The lowest BCUT2D eigenvalue weighted by atomic mass is 10.0. The minimum Gasteiger partial charge on any atom is -0.387 e. The first-order valence-corrected chi connectivity index (χ1v) is 10.5. The molecule has 0 spiro atoms. The Kier molecular flexibility index (Phi) is 6.26. The molecule has 0 unspecified atom stereocenters. The number of hydrogen-bond acceptors (Lipinski definition) is 3. The van der Waals surface area contributed by atoms with Gasteiger partial charge in [0.05, 0.1) is 17.1 Å². The molecule has 0 saturated carbocycles. The fraction of sp³-hybridized carbons (Fsp3) is 0.111. The molecular weight excluding hydrogens is 399 g/mol. The van der Waals surface area contributed by atoms with E-state index in [9.17, 15) is 4.39 Å². The number of benzene rings is 2. The van der Waals surface area contributed by atoms with Gasteiger partial charge in [-0.1, -0.05) is 36.9 Å². The van der Waals surface area contributed by atoms with Crippen LogP contribution in [0.3, 0.4) is 0 Å². The van der Waals surface area contributed by atoms with E-state index in [0.29, 0.717) is 6.42 Å². The second kappa shape index (κ2) is 9.43. The number of pyridine rings is 1. The molecule has 0 bridgehead atoms. The lowest BCUT2D eigenvalue weighted by Gasteiger charge is -2.10. The van der Waals surface area contributed by atoms with Crippen molar-refractivity contribution in [2.45, 2.75) is 13.3 Å². The van der Waals surface area contributed by atoms with E-state index in [4.69, 9.17) is 4.98 Å². The Morgan fingerprint density at radius 1 is 1.16 bits per heavy atom. The third-order valence-corrected chi connectivity index (χ3v) is 5.40. The van der Waals surface area contributed by atoms with E-state index in [1.165, 1.54) is 18.3 Å². The number of aromatic nitrogens is 2. The molecule has 2 heterocycles. The highest BCUT2D eigenvalue weighted by atomic mass is 19.1. The molecule has 0 aliphatic rings. The SMILES string of the molecule is C=CN=C/C(=C\C)c1ccc(NC)c(Cc2cc3c(-c4ccc(F)cc4)cccc3[nH]2)n1. The van der Waals surface area contributed by atoms with Crippen LogP contribution in [0, 0.1) is 5.82 Å². The molecule has 0 aliphatic carbocycles. The van der Waals surface area contributed by atoms with Gasteiger partial charge in [-0.3, -0.25) is 9.98 Å². The van der Waals surface area contributed by atoms with Gasteiger partial charge < -0.3 is 10.3 Å². The van der Waals surface area contributed by atoms with Crippen LogP contribution in [-0.4, -0.2) is 23.2 Å². The van der Waals surface area contributed by atoms with Gasteiger partial charge in [-0.25, -0.2) is 4.39 Å². The van der Waals surface area contributed by atoms with Gasteiger partial charge >= 0.3 is 0 Å². The van der Waals surface area contributed by atoms with Gasteiger partial charge in [0.25, 0.3) is 0 Å². The molecule has 160 valence electrons. The largest absolute Gasteiger partial charge is 0.387 e. The number of rotatable bonds is 7. The zero-order chi connectivity index (χ0) is 22.5. The summed E-state index contributed by atoms with van der Waals surface area (Å²) in [5.74, 6) is -0.236. The number of aliphatic imine (C=N–C) groups is 1. The van der Waals surface area contributed by atoms with Crippen LogP contribution in [0.15, 0.2) is 84.5 Å². The number of allylic oxidation sites excluding steroid dienone is 2. The average molecular weight is 425 g/mol. The first-order chi connectivity index (χ1) is 15.6. The van der Waals surface area contributed by atoms with Crippen LogP contribution in [0.1, 0.15) is 24.0 Å². The van der Waals surface area contributed by atoms with E-state index in [1.807, 2.05) is 50.4 Å². The van der Waals surface area contributed by atoms with Crippen molar-refractivity contribution in [3.8, 4) is 11.1 Å². The van der Waals surface area contributed by atoms with Crippen LogP contribution in [0.5, 0.6) is 0 Å². The Balaban J connectivity index is 1.72. The van der Waals surface area contributed by atoms with Crippen molar-refractivity contribution in [3.05, 3.63) is 102 Å². The van der Waals surface area contributed by atoms with Crippen LogP contribution in [-0.2, 0) is 6.42 Å². The Morgan fingerprint density at radius 3 is 2.69 bits per heavy atom. The molecule has 0 atom stereocenters. The van der Waals surface area contributed by atoms with Crippen molar-refractivity contribution in [2.24, 2.45) is 4.99 Å². The minimum atomic E-state index is -0.236. The minimum absolute atomic E-state index is 0.236. The molecule has 5 heteroatoms. The van der Waals surface area contributed by atoms with Crippen LogP contribution in [0.2, 0.25) is 0 Å². The van der Waals surface area contributed by atoms with Crippen LogP contribution in [0.25, 0.3) is 27.6 Å². The molecule has 2 aromatic heterocycles. The Morgan fingerprint density at radius 2 is 1.97 bits per heavy atom. The summed E-state index contributed by atoms with van der Waals surface area (Å²) in [5, 5.41) is 4.34. The normalized spacial score (nSPS) is 11.9. The first-order valence-electron chi connectivity index (χ1n) is 10.5. The topological polar surface area (TPSA) is 53.1 Å². The van der Waals surface area contributed by atoms with Gasteiger partial charge in [-0.15, -0.1) is 0 Å². The van der Waals surface area contributed by atoms with Crippen molar-refractivity contribution < 1.29 is 4.39 Å². The number of hydrogen-bond donors (Lipinski definition) is 2. The Bertz CT molecular complexity index is 1310. The summed E-state index contributed by atoms with van der Waals surface area (Å²) >= 11 is 0. The molecular formula is C27H25FN4. The van der Waals surface area contributed by atoms with Gasteiger partial charge in [-0.2, -0.15) is 0 Å². The molecule has 0 amide bonds. The van der Waals surface area contributed by atoms with E-state index < -0.39 is 0 Å². The maximum absolute atomic E-state index is 13.4. The highest BCUT2D eigenvalue weighted by molar-refractivity contribution is 6.09. The molecule has 0 saturated heterocycles. The van der Waals surface area contributed by atoms with Crippen molar-refractivity contribution in [1.82, 2.24) is 9.97 Å². The average Bonchev–Trinajstić information content (AvgIpc) is 3.23. The van der Waals surface area contributed by atoms with Gasteiger partial charge in [-0.05, 0) is 54.4 Å². The highest BCUT2D eigenvalue weighted by Crippen LogP contribution is 2.30. The van der Waals surface area contributed by atoms with Gasteiger partial charge in [0.2, 0.25) is 0 Å². The number of fused-ring (bicyclic) bond motifs is 1. The van der Waals surface area contributed by atoms with E-state index in [0.717, 1.165) is 50.4 Å². The summed E-state index contributed by atoms with van der Waals surface area (Å²) in [5.41, 5.74) is 7.84. The van der Waals surface area contributed by atoms with Crippen LogP contribution in [0.4, 0.5) is 10.1 Å². The fourth-order valence-electron chi connectivity index (χ4n) is 3.82. The van der Waals surface area contributed by atoms with Crippen molar-refractivity contribution in [2.75, 3.05) is 12.4 Å². The Labute approximate surface area is 187 Å². The summed E-state index contributed by atoms with van der Waals surface area (Å²) in [6, 6.07) is 18.9. The smallest absolute Gasteiger partial charge is 0.123 e. The third kappa shape index (κ3) is 4.37. The lowest BCUT2D eigenvalue weighted by molar-refractivity contribution is 0.628. The summed E-state index contributed by atoms with van der Waals surface area (Å²) in [6.07, 6.45) is 5.89. The molecule has 0 fully saturated rings. The summed E-state index contributed by atoms with van der Waals surface area (Å²) in [7, 11) is 1.90. The summed E-state index contributed by atoms with van der Waals surface area (Å²) < 4.78 is 13.4. The van der Waals surface area contributed by atoms with Gasteiger partial charge in [0, 0.05) is 48.1 Å². The molecule has 4 aromatic rings. The predicted molar refractivity (Wildman–Crippen MR) is 133 cm³/mol. The number of nitrogens with one attached hydrogen (secondary N) is 2. The second-order valence-corrected chi connectivity index (χ2v) is 7.39. The van der Waals surface area contributed by atoms with E-state index in [2.05, 4.69) is 40.1 Å². The second-order valence-electron chi connectivity index (χ2n) is 7.39. The number of nitrogens with zero attached hydrogens (tertiary/aromatic N) is 2. The zero-order valence-electron chi connectivity index (χ0n) is 18.2. The molecule has 0 aliphatic heterocycles. The predicted octanol–water partition coefficient (Wildman–Crippen LogP) is 6.62. The number of halogens is 1. The monoisotopic (exact) mass is 424 g/mol. The first kappa shape index (κ1) is 21.2. The van der Waals surface area contributed by atoms with Crippen LogP contribution >= 0.6 is 0 Å². The molecule has 4 rings (SSSR count).